The summed E-state index contributed by atoms with van der Waals surface area (Å²) in [6.45, 7) is 6.22. The van der Waals surface area contributed by atoms with Gasteiger partial charge in [0.15, 0.2) is 0 Å². The highest BCUT2D eigenvalue weighted by molar-refractivity contribution is 7.16. The van der Waals surface area contributed by atoms with Crippen LogP contribution in [-0.2, 0) is 12.8 Å². The molecule has 1 aliphatic carbocycles. The molecule has 1 atom stereocenters. The van der Waals surface area contributed by atoms with E-state index in [2.05, 4.69) is 17.2 Å². The quantitative estimate of drug-likeness (QED) is 0.473. The van der Waals surface area contributed by atoms with Crippen LogP contribution in [0.15, 0.2) is 47.5 Å². The second-order valence-corrected chi connectivity index (χ2v) is 9.12. The molecule has 0 fully saturated rings. The zero-order chi connectivity index (χ0) is 21.3. The average Bonchev–Trinajstić information content (AvgIpc) is 3.07. The third-order valence-electron chi connectivity index (χ3n) is 5.67. The fraction of sp³-hybridized carbons (Fsp3) is 0.280. The Hall–Kier alpha value is -2.79. The van der Waals surface area contributed by atoms with Crippen LogP contribution in [0.25, 0.3) is 0 Å². The lowest BCUT2D eigenvalue weighted by atomic mass is 9.88. The summed E-state index contributed by atoms with van der Waals surface area (Å²) in [5.74, 6) is 0.131. The van der Waals surface area contributed by atoms with E-state index in [1.54, 1.807) is 29.5 Å². The highest BCUT2D eigenvalue weighted by Gasteiger charge is 2.28. The van der Waals surface area contributed by atoms with Crippen LogP contribution in [0.1, 0.15) is 50.8 Å². The van der Waals surface area contributed by atoms with Gasteiger partial charge in [-0.2, -0.15) is 0 Å². The van der Waals surface area contributed by atoms with Crippen LogP contribution in [0.4, 0.5) is 15.1 Å². The number of aryl methyl sites for hydroxylation is 2. The molecule has 1 amide bonds. The molecule has 1 aliphatic rings. The van der Waals surface area contributed by atoms with Gasteiger partial charge in [-0.05, 0) is 61.8 Å². The molecule has 1 heterocycles. The number of halogens is 1. The molecule has 1 aromatic heterocycles. The topological polar surface area (TPSA) is 41.5 Å². The zero-order valence-corrected chi connectivity index (χ0v) is 18.3. The first-order chi connectivity index (χ1) is 14.4. The van der Waals surface area contributed by atoms with E-state index in [4.69, 9.17) is 0 Å². The lowest BCUT2D eigenvalue weighted by Crippen LogP contribution is -2.17. The van der Waals surface area contributed by atoms with Crippen LogP contribution in [0.2, 0.25) is 0 Å². The number of aliphatic imine (C=N–C) groups is 1. The van der Waals surface area contributed by atoms with E-state index in [1.807, 2.05) is 32.0 Å². The number of rotatable bonds is 4. The minimum absolute atomic E-state index is 0.139. The first kappa shape index (κ1) is 20.5. The molecule has 0 aliphatic heterocycles. The van der Waals surface area contributed by atoms with E-state index in [0.717, 1.165) is 41.6 Å². The Kier molecular flexibility index (Phi) is 5.82. The lowest BCUT2D eigenvalue weighted by molar-refractivity contribution is 0.102. The minimum Gasteiger partial charge on any atom is -0.321 e. The smallest absolute Gasteiger partial charge is 0.259 e. The molecule has 0 saturated heterocycles. The number of anilines is 1. The van der Waals surface area contributed by atoms with Gasteiger partial charge in [-0.15, -0.1) is 11.3 Å². The maximum Gasteiger partial charge on any atom is 0.259 e. The first-order valence-electron chi connectivity index (χ1n) is 10.2. The normalized spacial score (nSPS) is 15.9. The highest BCUT2D eigenvalue weighted by atomic mass is 32.1. The van der Waals surface area contributed by atoms with Crippen LogP contribution < -0.4 is 5.32 Å². The Labute approximate surface area is 180 Å². The summed E-state index contributed by atoms with van der Waals surface area (Å²) in [6, 6.07) is 12.5. The fourth-order valence-electron chi connectivity index (χ4n) is 3.96. The van der Waals surface area contributed by atoms with Gasteiger partial charge in [0.2, 0.25) is 0 Å². The van der Waals surface area contributed by atoms with Crippen molar-refractivity contribution in [3.05, 3.63) is 81.0 Å². The van der Waals surface area contributed by atoms with Gasteiger partial charge in [-0.25, -0.2) is 9.38 Å². The van der Waals surface area contributed by atoms with E-state index in [0.29, 0.717) is 22.0 Å². The Bertz CT molecular complexity index is 1110. The summed E-state index contributed by atoms with van der Waals surface area (Å²) in [5.41, 5.74) is 5.05. The lowest BCUT2D eigenvalue weighted by Gasteiger charge is -2.19. The van der Waals surface area contributed by atoms with Crippen molar-refractivity contribution >= 4 is 34.1 Å². The van der Waals surface area contributed by atoms with Crippen molar-refractivity contribution in [2.45, 2.75) is 40.0 Å². The Morgan fingerprint density at radius 2 is 1.90 bits per heavy atom. The number of fused-ring (bicyclic) bond motifs is 1. The highest BCUT2D eigenvalue weighted by Crippen LogP contribution is 2.41. The standard InChI is InChI=1S/C25H25FN2OS/c1-15-11-12-19-21(13-15)30-25(27-14-18-9-4-5-10-20(18)26)22(19)24(29)28-23-16(2)7-6-8-17(23)3/h4-10,14-15H,11-13H2,1-3H3,(H,28,29)/t15-/m0/s1. The monoisotopic (exact) mass is 420 g/mol. The summed E-state index contributed by atoms with van der Waals surface area (Å²) in [7, 11) is 0. The van der Waals surface area contributed by atoms with E-state index in [-0.39, 0.29) is 11.7 Å². The van der Waals surface area contributed by atoms with E-state index >= 15 is 0 Å². The number of nitrogens with zero attached hydrogens (tertiary/aromatic N) is 1. The summed E-state index contributed by atoms with van der Waals surface area (Å²) < 4.78 is 14.0. The maximum absolute atomic E-state index is 14.0. The van der Waals surface area contributed by atoms with Crippen molar-refractivity contribution in [1.29, 1.82) is 0 Å². The number of nitrogens with one attached hydrogen (secondary N) is 1. The molecule has 30 heavy (non-hydrogen) atoms. The average molecular weight is 421 g/mol. The van der Waals surface area contributed by atoms with Gasteiger partial charge in [0.1, 0.15) is 10.8 Å². The van der Waals surface area contributed by atoms with Gasteiger partial charge in [0, 0.05) is 22.3 Å². The molecule has 0 bridgehead atoms. The SMILES string of the molecule is Cc1cccc(C)c1NC(=O)c1c(N=Cc2ccccc2F)sc2c1CC[C@H](C)C2. The van der Waals surface area contributed by atoms with Crippen LogP contribution in [0.3, 0.4) is 0 Å². The molecule has 3 aromatic rings. The Morgan fingerprint density at radius 1 is 1.17 bits per heavy atom. The van der Waals surface area contributed by atoms with E-state index < -0.39 is 0 Å². The summed E-state index contributed by atoms with van der Waals surface area (Å²) >= 11 is 1.56. The number of carbonyl (C=O) groups is 1. The Balaban J connectivity index is 1.74. The number of hydrogen-bond donors (Lipinski definition) is 1. The number of benzene rings is 2. The van der Waals surface area contributed by atoms with Crippen LogP contribution in [0.5, 0.6) is 0 Å². The third-order valence-corrected chi connectivity index (χ3v) is 6.83. The zero-order valence-electron chi connectivity index (χ0n) is 17.5. The predicted octanol–water partition coefficient (Wildman–Crippen LogP) is 6.63. The molecule has 0 radical (unpaired) electrons. The molecule has 4 rings (SSSR count). The van der Waals surface area contributed by atoms with Crippen LogP contribution in [0, 0.1) is 25.6 Å². The molecule has 2 aromatic carbocycles. The number of hydrogen-bond acceptors (Lipinski definition) is 3. The molecule has 1 N–H and O–H groups in total. The van der Waals surface area contributed by atoms with Crippen LogP contribution in [-0.4, -0.2) is 12.1 Å². The molecule has 154 valence electrons. The molecule has 0 unspecified atom stereocenters. The van der Waals surface area contributed by atoms with Crippen molar-refractivity contribution in [1.82, 2.24) is 0 Å². The van der Waals surface area contributed by atoms with Gasteiger partial charge in [-0.3, -0.25) is 4.79 Å². The van der Waals surface area contributed by atoms with Crippen molar-refractivity contribution < 1.29 is 9.18 Å². The fourth-order valence-corrected chi connectivity index (χ4v) is 5.31. The van der Waals surface area contributed by atoms with E-state index in [1.165, 1.54) is 17.2 Å². The number of para-hydroxylation sites is 1. The minimum atomic E-state index is -0.322. The Morgan fingerprint density at radius 3 is 2.63 bits per heavy atom. The van der Waals surface area contributed by atoms with Gasteiger partial charge >= 0.3 is 0 Å². The van der Waals surface area contributed by atoms with Gasteiger partial charge in [0.05, 0.1) is 5.56 Å². The van der Waals surface area contributed by atoms with Crippen molar-refractivity contribution in [3.8, 4) is 0 Å². The van der Waals surface area contributed by atoms with Crippen molar-refractivity contribution in [3.63, 3.8) is 0 Å². The molecule has 3 nitrogen and oxygen atoms in total. The van der Waals surface area contributed by atoms with Gasteiger partial charge < -0.3 is 5.32 Å². The molecular formula is C25H25FN2OS. The number of thiophene rings is 1. The summed E-state index contributed by atoms with van der Waals surface area (Å²) in [5, 5.41) is 3.77. The van der Waals surface area contributed by atoms with Gasteiger partial charge in [-0.1, -0.05) is 43.3 Å². The summed E-state index contributed by atoms with van der Waals surface area (Å²) in [4.78, 5) is 19.2. The molecular weight excluding hydrogens is 395 g/mol. The summed E-state index contributed by atoms with van der Waals surface area (Å²) in [6.07, 6.45) is 4.41. The number of amides is 1. The predicted molar refractivity (Wildman–Crippen MR) is 123 cm³/mol. The third kappa shape index (κ3) is 4.08. The van der Waals surface area contributed by atoms with Crippen molar-refractivity contribution in [2.75, 3.05) is 5.32 Å². The van der Waals surface area contributed by atoms with Crippen molar-refractivity contribution in [2.24, 2.45) is 10.9 Å². The molecule has 5 heteroatoms. The molecule has 0 saturated carbocycles. The number of carbonyl (C=O) groups excluding carboxylic acids is 1. The second-order valence-electron chi connectivity index (χ2n) is 8.03. The van der Waals surface area contributed by atoms with Crippen LogP contribution >= 0.6 is 11.3 Å². The maximum atomic E-state index is 14.0. The molecule has 0 spiro atoms. The largest absolute Gasteiger partial charge is 0.321 e. The van der Waals surface area contributed by atoms with E-state index in [9.17, 15) is 9.18 Å². The van der Waals surface area contributed by atoms with Gasteiger partial charge in [0.25, 0.3) is 5.91 Å². The first-order valence-corrected chi connectivity index (χ1v) is 11.1. The second kappa shape index (κ2) is 8.52.